The van der Waals surface area contributed by atoms with Gasteiger partial charge in [0.25, 0.3) is 0 Å². The van der Waals surface area contributed by atoms with Gasteiger partial charge in [-0.1, -0.05) is 12.1 Å². The third-order valence-electron chi connectivity index (χ3n) is 5.38. The number of rotatable bonds is 5. The quantitative estimate of drug-likeness (QED) is 0.813. The van der Waals surface area contributed by atoms with Crippen LogP contribution >= 0.6 is 0 Å². The number of hydrogen-bond donors (Lipinski definition) is 0. The lowest BCUT2D eigenvalue weighted by Gasteiger charge is -2.37. The van der Waals surface area contributed by atoms with E-state index in [1.807, 2.05) is 23.1 Å². The molecule has 5 nitrogen and oxygen atoms in total. The number of piperazine rings is 1. The van der Waals surface area contributed by atoms with Gasteiger partial charge in [0.2, 0.25) is 5.91 Å². The Morgan fingerprint density at radius 3 is 2.41 bits per heavy atom. The van der Waals surface area contributed by atoms with Crippen LogP contribution in [0.1, 0.15) is 16.7 Å². The molecule has 0 aromatic heterocycles. The zero-order valence-electron chi connectivity index (χ0n) is 16.6. The van der Waals surface area contributed by atoms with Crippen molar-refractivity contribution in [1.82, 2.24) is 4.90 Å². The number of nitrogens with zero attached hydrogens (tertiary/aromatic N) is 2. The molecular formula is C22H28N2O3. The van der Waals surface area contributed by atoms with Gasteiger partial charge in [-0.3, -0.25) is 4.79 Å². The normalized spacial score (nSPS) is 14.2. The first-order chi connectivity index (χ1) is 13.0. The van der Waals surface area contributed by atoms with Crippen LogP contribution in [0.25, 0.3) is 0 Å². The fourth-order valence-electron chi connectivity index (χ4n) is 3.57. The molecule has 0 saturated carbocycles. The maximum Gasteiger partial charge on any atom is 0.227 e. The first kappa shape index (κ1) is 19.1. The summed E-state index contributed by atoms with van der Waals surface area (Å²) in [6, 6.07) is 12.0. The summed E-state index contributed by atoms with van der Waals surface area (Å²) in [5.74, 6) is 1.58. The summed E-state index contributed by atoms with van der Waals surface area (Å²) < 4.78 is 10.7. The van der Waals surface area contributed by atoms with Gasteiger partial charge in [-0.15, -0.1) is 0 Å². The van der Waals surface area contributed by atoms with Gasteiger partial charge in [-0.2, -0.15) is 0 Å². The Hall–Kier alpha value is -2.69. The predicted octanol–water partition coefficient (Wildman–Crippen LogP) is 3.21. The molecule has 0 spiro atoms. The average Bonchev–Trinajstić information content (AvgIpc) is 2.70. The maximum absolute atomic E-state index is 12.8. The summed E-state index contributed by atoms with van der Waals surface area (Å²) >= 11 is 0. The molecule has 5 heteroatoms. The number of methoxy groups -OCH3 is 2. The summed E-state index contributed by atoms with van der Waals surface area (Å²) in [5, 5.41) is 0. The molecule has 0 N–H and O–H groups in total. The van der Waals surface area contributed by atoms with E-state index in [1.165, 1.54) is 16.8 Å². The standard InChI is InChI=1S/C22H28N2O3/c1-16-6-5-7-20(17(16)2)23-10-12-24(13-11-23)22(25)15-18-14-19(26-3)8-9-21(18)27-4/h5-9,14H,10-13,15H2,1-4H3. The molecule has 1 aliphatic heterocycles. The molecule has 0 bridgehead atoms. The third-order valence-corrected chi connectivity index (χ3v) is 5.38. The minimum Gasteiger partial charge on any atom is -0.497 e. The van der Waals surface area contributed by atoms with Gasteiger partial charge in [0.05, 0.1) is 20.6 Å². The SMILES string of the molecule is COc1ccc(OC)c(CC(=O)N2CCN(c3cccc(C)c3C)CC2)c1. The Balaban J connectivity index is 1.64. The second kappa shape index (κ2) is 8.33. The zero-order chi connectivity index (χ0) is 19.4. The number of carbonyl (C=O) groups excluding carboxylic acids is 1. The monoisotopic (exact) mass is 368 g/mol. The largest absolute Gasteiger partial charge is 0.497 e. The number of aryl methyl sites for hydroxylation is 1. The highest BCUT2D eigenvalue weighted by Gasteiger charge is 2.23. The van der Waals surface area contributed by atoms with Crippen LogP contribution in [0.4, 0.5) is 5.69 Å². The highest BCUT2D eigenvalue weighted by Crippen LogP contribution is 2.26. The highest BCUT2D eigenvalue weighted by molar-refractivity contribution is 5.80. The molecule has 3 rings (SSSR count). The van der Waals surface area contributed by atoms with Gasteiger partial charge < -0.3 is 19.3 Å². The van der Waals surface area contributed by atoms with Crippen LogP contribution in [0, 0.1) is 13.8 Å². The van der Waals surface area contributed by atoms with E-state index in [0.717, 1.165) is 43.2 Å². The second-order valence-corrected chi connectivity index (χ2v) is 6.94. The van der Waals surface area contributed by atoms with Crippen molar-refractivity contribution >= 4 is 11.6 Å². The Morgan fingerprint density at radius 1 is 1.00 bits per heavy atom. The van der Waals surface area contributed by atoms with Crippen LogP contribution in [-0.2, 0) is 11.2 Å². The maximum atomic E-state index is 12.8. The molecule has 27 heavy (non-hydrogen) atoms. The molecule has 2 aromatic carbocycles. The van der Waals surface area contributed by atoms with E-state index in [-0.39, 0.29) is 5.91 Å². The van der Waals surface area contributed by atoms with Crippen LogP contribution < -0.4 is 14.4 Å². The van der Waals surface area contributed by atoms with Crippen molar-refractivity contribution < 1.29 is 14.3 Å². The van der Waals surface area contributed by atoms with E-state index in [0.29, 0.717) is 6.42 Å². The van der Waals surface area contributed by atoms with Gasteiger partial charge >= 0.3 is 0 Å². The third kappa shape index (κ3) is 4.18. The van der Waals surface area contributed by atoms with Gasteiger partial charge in [0.1, 0.15) is 11.5 Å². The second-order valence-electron chi connectivity index (χ2n) is 6.94. The lowest BCUT2D eigenvalue weighted by atomic mass is 10.1. The minimum absolute atomic E-state index is 0.127. The van der Waals surface area contributed by atoms with Crippen LogP contribution in [0.5, 0.6) is 11.5 Å². The van der Waals surface area contributed by atoms with Crippen LogP contribution in [0.2, 0.25) is 0 Å². The van der Waals surface area contributed by atoms with E-state index in [4.69, 9.17) is 9.47 Å². The topological polar surface area (TPSA) is 42.0 Å². The van der Waals surface area contributed by atoms with E-state index < -0.39 is 0 Å². The van der Waals surface area contributed by atoms with E-state index in [2.05, 4.69) is 36.9 Å². The van der Waals surface area contributed by atoms with Crippen molar-refractivity contribution in [3.05, 3.63) is 53.1 Å². The molecule has 144 valence electrons. The minimum atomic E-state index is 0.127. The molecule has 0 aliphatic carbocycles. The smallest absolute Gasteiger partial charge is 0.227 e. The molecule has 1 amide bonds. The summed E-state index contributed by atoms with van der Waals surface area (Å²) in [6.07, 6.45) is 0.323. The Morgan fingerprint density at radius 2 is 1.74 bits per heavy atom. The predicted molar refractivity (Wildman–Crippen MR) is 108 cm³/mol. The first-order valence-electron chi connectivity index (χ1n) is 9.33. The van der Waals surface area contributed by atoms with E-state index in [1.54, 1.807) is 14.2 Å². The lowest BCUT2D eigenvalue weighted by molar-refractivity contribution is -0.130. The number of anilines is 1. The molecule has 1 heterocycles. The molecule has 0 radical (unpaired) electrons. The van der Waals surface area contributed by atoms with Crippen molar-refractivity contribution in [2.45, 2.75) is 20.3 Å². The molecule has 0 unspecified atom stereocenters. The molecule has 2 aromatic rings. The molecule has 0 atom stereocenters. The van der Waals surface area contributed by atoms with Crippen molar-refractivity contribution in [2.75, 3.05) is 45.3 Å². The van der Waals surface area contributed by atoms with Crippen LogP contribution in [0.15, 0.2) is 36.4 Å². The molecule has 1 aliphatic rings. The fraction of sp³-hybridized carbons (Fsp3) is 0.409. The first-order valence-corrected chi connectivity index (χ1v) is 9.33. The van der Waals surface area contributed by atoms with E-state index >= 15 is 0 Å². The number of hydrogen-bond acceptors (Lipinski definition) is 4. The summed E-state index contributed by atoms with van der Waals surface area (Å²) in [6.45, 7) is 7.48. The van der Waals surface area contributed by atoms with Gasteiger partial charge in [-0.05, 0) is 49.2 Å². The number of carbonyl (C=O) groups is 1. The van der Waals surface area contributed by atoms with Crippen molar-refractivity contribution in [3.8, 4) is 11.5 Å². The van der Waals surface area contributed by atoms with Crippen molar-refractivity contribution in [3.63, 3.8) is 0 Å². The summed E-state index contributed by atoms with van der Waals surface area (Å²) in [7, 11) is 3.25. The Labute approximate surface area is 161 Å². The average molecular weight is 368 g/mol. The summed E-state index contributed by atoms with van der Waals surface area (Å²) in [5.41, 5.74) is 4.75. The fourth-order valence-corrected chi connectivity index (χ4v) is 3.57. The number of ether oxygens (including phenoxy) is 2. The van der Waals surface area contributed by atoms with E-state index in [9.17, 15) is 4.79 Å². The van der Waals surface area contributed by atoms with Gasteiger partial charge in [0, 0.05) is 37.4 Å². The van der Waals surface area contributed by atoms with Crippen molar-refractivity contribution in [1.29, 1.82) is 0 Å². The van der Waals surface area contributed by atoms with Crippen LogP contribution in [-0.4, -0.2) is 51.2 Å². The molecule has 1 saturated heterocycles. The van der Waals surface area contributed by atoms with Gasteiger partial charge in [-0.25, -0.2) is 0 Å². The Kier molecular flexibility index (Phi) is 5.89. The zero-order valence-corrected chi connectivity index (χ0v) is 16.6. The lowest BCUT2D eigenvalue weighted by Crippen LogP contribution is -2.49. The highest BCUT2D eigenvalue weighted by atomic mass is 16.5. The van der Waals surface area contributed by atoms with Crippen LogP contribution in [0.3, 0.4) is 0 Å². The Bertz CT molecular complexity index is 811. The van der Waals surface area contributed by atoms with Crippen molar-refractivity contribution in [2.24, 2.45) is 0 Å². The molecule has 1 fully saturated rings. The molecular weight excluding hydrogens is 340 g/mol. The van der Waals surface area contributed by atoms with Gasteiger partial charge in [0.15, 0.2) is 0 Å². The number of amides is 1. The summed E-state index contributed by atoms with van der Waals surface area (Å²) in [4.78, 5) is 17.1. The number of benzene rings is 2.